The van der Waals surface area contributed by atoms with E-state index in [9.17, 15) is 0 Å². The van der Waals surface area contributed by atoms with Crippen LogP contribution in [0.15, 0.2) is 0 Å². The molecule has 2 unspecified atom stereocenters. The van der Waals surface area contributed by atoms with Gasteiger partial charge in [-0.3, -0.25) is 4.90 Å². The molecule has 2 aliphatic rings. The summed E-state index contributed by atoms with van der Waals surface area (Å²) >= 11 is 0. The smallest absolute Gasteiger partial charge is 0.0594 e. The first-order valence-corrected chi connectivity index (χ1v) is 6.33. The first-order valence-electron chi connectivity index (χ1n) is 6.33. The van der Waals surface area contributed by atoms with E-state index in [1.54, 1.807) is 0 Å². The summed E-state index contributed by atoms with van der Waals surface area (Å²) in [6, 6.07) is 0. The van der Waals surface area contributed by atoms with Gasteiger partial charge in [-0.1, -0.05) is 13.3 Å². The van der Waals surface area contributed by atoms with Gasteiger partial charge in [0.25, 0.3) is 0 Å². The molecule has 1 saturated heterocycles. The summed E-state index contributed by atoms with van der Waals surface area (Å²) in [6.45, 7) is 7.49. The van der Waals surface area contributed by atoms with Crippen LogP contribution in [-0.4, -0.2) is 43.3 Å². The zero-order valence-electron chi connectivity index (χ0n) is 9.87. The van der Waals surface area contributed by atoms with Crippen LogP contribution in [0, 0.1) is 5.92 Å². The minimum atomic E-state index is 0.209. The highest BCUT2D eigenvalue weighted by atomic mass is 16.5. The van der Waals surface area contributed by atoms with E-state index in [0.29, 0.717) is 0 Å². The molecule has 15 heavy (non-hydrogen) atoms. The third-order valence-corrected chi connectivity index (χ3v) is 3.99. The highest BCUT2D eigenvalue weighted by Crippen LogP contribution is 2.46. The molecule has 1 aliphatic carbocycles. The second-order valence-corrected chi connectivity index (χ2v) is 5.10. The Kier molecular flexibility index (Phi) is 3.65. The van der Waals surface area contributed by atoms with Gasteiger partial charge in [0.05, 0.1) is 13.2 Å². The van der Waals surface area contributed by atoms with Gasteiger partial charge in [0.15, 0.2) is 0 Å². The molecule has 2 atom stereocenters. The SMILES string of the molecule is CCC1CC1(N)CCCN1CCOCC1. The zero-order valence-corrected chi connectivity index (χ0v) is 9.87. The fourth-order valence-corrected chi connectivity index (χ4v) is 2.71. The Morgan fingerprint density at radius 3 is 2.73 bits per heavy atom. The van der Waals surface area contributed by atoms with Crippen LogP contribution in [0.25, 0.3) is 0 Å². The van der Waals surface area contributed by atoms with Crippen molar-refractivity contribution in [3.8, 4) is 0 Å². The first kappa shape index (κ1) is 11.4. The maximum absolute atomic E-state index is 6.27. The molecule has 0 aromatic carbocycles. The molecule has 1 saturated carbocycles. The molecule has 3 heteroatoms. The van der Waals surface area contributed by atoms with Gasteiger partial charge in [-0.2, -0.15) is 0 Å². The number of rotatable bonds is 5. The first-order chi connectivity index (χ1) is 7.24. The third-order valence-electron chi connectivity index (χ3n) is 3.99. The van der Waals surface area contributed by atoms with Crippen molar-refractivity contribution in [2.75, 3.05) is 32.8 Å². The van der Waals surface area contributed by atoms with Crippen molar-refractivity contribution in [2.24, 2.45) is 11.7 Å². The number of hydrogen-bond acceptors (Lipinski definition) is 3. The fraction of sp³-hybridized carbons (Fsp3) is 1.00. The summed E-state index contributed by atoms with van der Waals surface area (Å²) in [4.78, 5) is 2.50. The van der Waals surface area contributed by atoms with Crippen molar-refractivity contribution < 1.29 is 4.74 Å². The van der Waals surface area contributed by atoms with Crippen LogP contribution in [0.3, 0.4) is 0 Å². The molecular formula is C12H24N2O. The summed E-state index contributed by atoms with van der Waals surface area (Å²) in [5.74, 6) is 0.808. The molecule has 2 rings (SSSR count). The number of hydrogen-bond donors (Lipinski definition) is 1. The molecule has 0 aromatic heterocycles. The van der Waals surface area contributed by atoms with E-state index in [2.05, 4.69) is 11.8 Å². The van der Waals surface area contributed by atoms with Crippen LogP contribution in [-0.2, 0) is 4.74 Å². The maximum atomic E-state index is 6.27. The maximum Gasteiger partial charge on any atom is 0.0594 e. The van der Waals surface area contributed by atoms with E-state index in [1.807, 2.05) is 0 Å². The second-order valence-electron chi connectivity index (χ2n) is 5.10. The summed E-state index contributed by atoms with van der Waals surface area (Å²) in [7, 11) is 0. The largest absolute Gasteiger partial charge is 0.379 e. The Bertz CT molecular complexity index is 204. The predicted octanol–water partition coefficient (Wildman–Crippen LogP) is 1.23. The highest BCUT2D eigenvalue weighted by molar-refractivity contribution is 5.06. The lowest BCUT2D eigenvalue weighted by molar-refractivity contribution is 0.0368. The van der Waals surface area contributed by atoms with Crippen LogP contribution < -0.4 is 5.73 Å². The summed E-state index contributed by atoms with van der Waals surface area (Å²) in [5.41, 5.74) is 6.48. The Balaban J connectivity index is 1.58. The van der Waals surface area contributed by atoms with Gasteiger partial charge < -0.3 is 10.5 Å². The lowest BCUT2D eigenvalue weighted by Gasteiger charge is -2.27. The van der Waals surface area contributed by atoms with Crippen LogP contribution >= 0.6 is 0 Å². The van der Waals surface area contributed by atoms with Crippen LogP contribution in [0.5, 0.6) is 0 Å². The van der Waals surface area contributed by atoms with Crippen LogP contribution in [0.4, 0.5) is 0 Å². The molecule has 0 spiro atoms. The fourth-order valence-electron chi connectivity index (χ4n) is 2.71. The Hall–Kier alpha value is -0.120. The Labute approximate surface area is 93.0 Å². The van der Waals surface area contributed by atoms with E-state index < -0.39 is 0 Å². The minimum absolute atomic E-state index is 0.209. The molecule has 2 fully saturated rings. The van der Waals surface area contributed by atoms with Crippen LogP contribution in [0.2, 0.25) is 0 Å². The molecule has 0 aromatic rings. The van der Waals surface area contributed by atoms with E-state index in [-0.39, 0.29) is 5.54 Å². The van der Waals surface area contributed by atoms with Gasteiger partial charge in [-0.05, 0) is 31.7 Å². The number of nitrogens with zero attached hydrogens (tertiary/aromatic N) is 1. The topological polar surface area (TPSA) is 38.5 Å². The normalized spacial score (nSPS) is 36.8. The van der Waals surface area contributed by atoms with Gasteiger partial charge in [0.1, 0.15) is 0 Å². The minimum Gasteiger partial charge on any atom is -0.379 e. The molecule has 2 N–H and O–H groups in total. The lowest BCUT2D eigenvalue weighted by atomic mass is 10.1. The number of morpholine rings is 1. The molecule has 3 nitrogen and oxygen atoms in total. The molecule has 0 radical (unpaired) electrons. The van der Waals surface area contributed by atoms with Gasteiger partial charge >= 0.3 is 0 Å². The number of nitrogens with two attached hydrogens (primary N) is 1. The van der Waals surface area contributed by atoms with Crippen molar-refractivity contribution in [1.82, 2.24) is 4.90 Å². The summed E-state index contributed by atoms with van der Waals surface area (Å²) < 4.78 is 5.33. The van der Waals surface area contributed by atoms with Crippen molar-refractivity contribution >= 4 is 0 Å². The lowest BCUT2D eigenvalue weighted by Crippen LogP contribution is -2.37. The Morgan fingerprint density at radius 1 is 1.40 bits per heavy atom. The van der Waals surface area contributed by atoms with Gasteiger partial charge in [-0.25, -0.2) is 0 Å². The highest BCUT2D eigenvalue weighted by Gasteiger charge is 2.48. The average Bonchev–Trinajstić information content (AvgIpc) is 2.91. The molecule has 0 bridgehead atoms. The van der Waals surface area contributed by atoms with E-state index in [1.165, 1.54) is 32.2 Å². The van der Waals surface area contributed by atoms with Crippen molar-refractivity contribution in [1.29, 1.82) is 0 Å². The average molecular weight is 212 g/mol. The van der Waals surface area contributed by atoms with Gasteiger partial charge in [0, 0.05) is 18.6 Å². The number of ether oxygens (including phenoxy) is 1. The predicted molar refractivity (Wildman–Crippen MR) is 61.8 cm³/mol. The third kappa shape index (κ3) is 2.92. The van der Waals surface area contributed by atoms with E-state index in [0.717, 1.165) is 32.2 Å². The standard InChI is InChI=1S/C12H24N2O/c1-2-11-10-12(11,13)4-3-5-14-6-8-15-9-7-14/h11H,2-10,13H2,1H3. The van der Waals surface area contributed by atoms with Gasteiger partial charge in [-0.15, -0.1) is 0 Å². The van der Waals surface area contributed by atoms with Crippen molar-refractivity contribution in [2.45, 2.75) is 38.1 Å². The van der Waals surface area contributed by atoms with Crippen LogP contribution in [0.1, 0.15) is 32.6 Å². The monoisotopic (exact) mass is 212 g/mol. The van der Waals surface area contributed by atoms with Crippen molar-refractivity contribution in [3.05, 3.63) is 0 Å². The molecule has 1 heterocycles. The molecule has 0 amide bonds. The van der Waals surface area contributed by atoms with E-state index >= 15 is 0 Å². The van der Waals surface area contributed by atoms with E-state index in [4.69, 9.17) is 10.5 Å². The zero-order chi connectivity index (χ0) is 10.7. The molecule has 1 aliphatic heterocycles. The Morgan fingerprint density at radius 2 is 2.13 bits per heavy atom. The molecule has 88 valence electrons. The quantitative estimate of drug-likeness (QED) is 0.745. The van der Waals surface area contributed by atoms with Crippen molar-refractivity contribution in [3.63, 3.8) is 0 Å². The summed E-state index contributed by atoms with van der Waals surface area (Å²) in [6.07, 6.45) is 4.98. The molecular weight excluding hydrogens is 188 g/mol. The summed E-state index contributed by atoms with van der Waals surface area (Å²) in [5, 5.41) is 0. The second kappa shape index (κ2) is 4.81. The van der Waals surface area contributed by atoms with Gasteiger partial charge in [0.2, 0.25) is 0 Å².